The quantitative estimate of drug-likeness (QED) is 0.673. The molecule has 19 heavy (non-hydrogen) atoms. The van der Waals surface area contributed by atoms with Gasteiger partial charge in [-0.1, -0.05) is 19.9 Å². The Hall–Kier alpha value is -1.56. The van der Waals surface area contributed by atoms with Crippen LogP contribution in [0.2, 0.25) is 0 Å². The van der Waals surface area contributed by atoms with Gasteiger partial charge in [0.05, 0.1) is 6.04 Å². The van der Waals surface area contributed by atoms with Crippen molar-refractivity contribution in [3.8, 4) is 0 Å². The Morgan fingerprint density at radius 1 is 1.42 bits per heavy atom. The number of hydrogen-bond acceptors (Lipinski definition) is 3. The van der Waals surface area contributed by atoms with Crippen molar-refractivity contribution < 1.29 is 14.7 Å². The molecule has 1 aromatic heterocycles. The molecule has 0 bridgehead atoms. The molecular weight excluding hydrogens is 264 g/mol. The molecule has 0 spiro atoms. The van der Waals surface area contributed by atoms with Crippen LogP contribution in [0.15, 0.2) is 17.5 Å². The number of nitrogens with one attached hydrogen (secondary N) is 2. The fraction of sp³-hybridized carbons (Fsp3) is 0.538. The number of hydrogen-bond donors (Lipinski definition) is 3. The predicted octanol–water partition coefficient (Wildman–Crippen LogP) is 2.61. The Balaban J connectivity index is 2.38. The van der Waals surface area contributed by atoms with E-state index in [1.54, 1.807) is 11.3 Å². The highest BCUT2D eigenvalue weighted by Crippen LogP contribution is 2.25. The molecule has 0 aromatic carbocycles. The summed E-state index contributed by atoms with van der Waals surface area (Å²) in [4.78, 5) is 23.2. The first-order valence-electron chi connectivity index (χ1n) is 6.30. The number of thiophene rings is 1. The second-order valence-electron chi connectivity index (χ2n) is 4.63. The molecule has 1 unspecified atom stereocenters. The zero-order chi connectivity index (χ0) is 14.3. The molecule has 0 aliphatic rings. The first-order valence-corrected chi connectivity index (χ1v) is 7.18. The lowest BCUT2D eigenvalue weighted by Crippen LogP contribution is -2.39. The van der Waals surface area contributed by atoms with E-state index in [9.17, 15) is 9.59 Å². The van der Waals surface area contributed by atoms with Gasteiger partial charge in [-0.25, -0.2) is 4.79 Å². The summed E-state index contributed by atoms with van der Waals surface area (Å²) >= 11 is 1.61. The Bertz CT molecular complexity index is 404. The van der Waals surface area contributed by atoms with Crippen molar-refractivity contribution in [2.75, 3.05) is 6.54 Å². The summed E-state index contributed by atoms with van der Waals surface area (Å²) in [5.74, 6) is -0.552. The molecule has 5 nitrogen and oxygen atoms in total. The summed E-state index contributed by atoms with van der Waals surface area (Å²) in [7, 11) is 0. The van der Waals surface area contributed by atoms with E-state index in [-0.39, 0.29) is 18.5 Å². The lowest BCUT2D eigenvalue weighted by atomic mass is 10.0. The first-order chi connectivity index (χ1) is 9.00. The van der Waals surface area contributed by atoms with Crippen LogP contribution in [0.5, 0.6) is 0 Å². The van der Waals surface area contributed by atoms with Crippen LogP contribution < -0.4 is 10.6 Å². The minimum atomic E-state index is -0.846. The lowest BCUT2D eigenvalue weighted by molar-refractivity contribution is -0.137. The monoisotopic (exact) mass is 284 g/mol. The van der Waals surface area contributed by atoms with Gasteiger partial charge in [-0.3, -0.25) is 4.79 Å². The summed E-state index contributed by atoms with van der Waals surface area (Å²) in [6.07, 6.45) is 0.507. The minimum Gasteiger partial charge on any atom is -0.481 e. The van der Waals surface area contributed by atoms with E-state index < -0.39 is 5.97 Å². The summed E-state index contributed by atoms with van der Waals surface area (Å²) < 4.78 is 0. The van der Waals surface area contributed by atoms with Gasteiger partial charge in [0.1, 0.15) is 0 Å². The van der Waals surface area contributed by atoms with E-state index in [1.165, 1.54) is 0 Å². The van der Waals surface area contributed by atoms with E-state index in [2.05, 4.69) is 24.5 Å². The zero-order valence-electron chi connectivity index (χ0n) is 11.2. The fourth-order valence-corrected chi connectivity index (χ4v) is 2.62. The average molecular weight is 284 g/mol. The highest BCUT2D eigenvalue weighted by atomic mass is 32.1. The van der Waals surface area contributed by atoms with Gasteiger partial charge in [0.2, 0.25) is 0 Å². The third-order valence-electron chi connectivity index (χ3n) is 2.66. The number of carbonyl (C=O) groups is 2. The second kappa shape index (κ2) is 7.78. The normalized spacial score (nSPS) is 12.2. The molecule has 3 N–H and O–H groups in total. The highest BCUT2D eigenvalue weighted by molar-refractivity contribution is 7.10. The molecule has 1 heterocycles. The van der Waals surface area contributed by atoms with Crippen molar-refractivity contribution >= 4 is 23.3 Å². The van der Waals surface area contributed by atoms with Crippen LogP contribution in [-0.2, 0) is 4.79 Å². The van der Waals surface area contributed by atoms with Crippen molar-refractivity contribution in [2.45, 2.75) is 32.7 Å². The second-order valence-corrected chi connectivity index (χ2v) is 5.61. The van der Waals surface area contributed by atoms with E-state index in [0.717, 1.165) is 4.88 Å². The molecule has 1 aromatic rings. The van der Waals surface area contributed by atoms with E-state index >= 15 is 0 Å². The summed E-state index contributed by atoms with van der Waals surface area (Å²) in [5, 5.41) is 16.1. The Morgan fingerprint density at radius 2 is 2.16 bits per heavy atom. The van der Waals surface area contributed by atoms with Crippen LogP contribution in [0.1, 0.15) is 37.6 Å². The minimum absolute atomic E-state index is 0.0144. The maximum atomic E-state index is 11.7. The third-order valence-corrected chi connectivity index (χ3v) is 3.61. The van der Waals surface area contributed by atoms with E-state index in [0.29, 0.717) is 18.9 Å². The summed E-state index contributed by atoms with van der Waals surface area (Å²) in [6.45, 7) is 4.47. The van der Waals surface area contributed by atoms with Crippen molar-refractivity contribution in [2.24, 2.45) is 5.92 Å². The molecule has 0 radical (unpaired) electrons. The number of rotatable bonds is 7. The maximum Gasteiger partial charge on any atom is 0.315 e. The molecular formula is C13H20N2O3S. The van der Waals surface area contributed by atoms with Gasteiger partial charge in [0.15, 0.2) is 0 Å². The Morgan fingerprint density at radius 3 is 2.68 bits per heavy atom. The number of aliphatic carboxylic acids is 1. The predicted molar refractivity (Wildman–Crippen MR) is 75.3 cm³/mol. The number of carboxylic acids is 1. The fourth-order valence-electron chi connectivity index (χ4n) is 1.67. The molecule has 1 rings (SSSR count). The van der Waals surface area contributed by atoms with Crippen molar-refractivity contribution in [3.63, 3.8) is 0 Å². The molecule has 0 saturated heterocycles. The molecule has 106 valence electrons. The third kappa shape index (κ3) is 5.74. The van der Waals surface area contributed by atoms with Crippen LogP contribution in [0.4, 0.5) is 4.79 Å². The van der Waals surface area contributed by atoms with Crippen molar-refractivity contribution in [3.05, 3.63) is 22.4 Å². The first kappa shape index (κ1) is 15.5. The molecule has 0 saturated carbocycles. The Labute approximate surface area is 117 Å². The van der Waals surface area contributed by atoms with Crippen LogP contribution in [-0.4, -0.2) is 23.7 Å². The van der Waals surface area contributed by atoms with Crippen LogP contribution in [0.3, 0.4) is 0 Å². The summed E-state index contributed by atoms with van der Waals surface area (Å²) in [6, 6.07) is 3.69. The van der Waals surface area contributed by atoms with Gasteiger partial charge < -0.3 is 15.7 Å². The smallest absolute Gasteiger partial charge is 0.315 e. The standard InChI is InChI=1S/C13H20N2O3S/c1-9(2)12(10-5-4-8-19-10)15-13(18)14-7-3-6-11(16)17/h4-5,8-9,12H,3,6-7H2,1-2H3,(H,16,17)(H2,14,15,18). The van der Waals surface area contributed by atoms with Crippen LogP contribution >= 0.6 is 11.3 Å². The van der Waals surface area contributed by atoms with Crippen molar-refractivity contribution in [1.82, 2.24) is 10.6 Å². The van der Waals surface area contributed by atoms with Gasteiger partial charge in [-0.05, 0) is 23.8 Å². The zero-order valence-corrected chi connectivity index (χ0v) is 12.0. The van der Waals surface area contributed by atoms with E-state index in [4.69, 9.17) is 5.11 Å². The van der Waals surface area contributed by atoms with Gasteiger partial charge in [0, 0.05) is 17.8 Å². The number of amides is 2. The van der Waals surface area contributed by atoms with E-state index in [1.807, 2.05) is 17.5 Å². The van der Waals surface area contributed by atoms with Gasteiger partial charge in [-0.15, -0.1) is 11.3 Å². The number of carbonyl (C=O) groups excluding carboxylic acids is 1. The van der Waals surface area contributed by atoms with Crippen LogP contribution in [0.25, 0.3) is 0 Å². The number of carboxylic acid groups (broad SMARTS) is 1. The molecule has 0 fully saturated rings. The largest absolute Gasteiger partial charge is 0.481 e. The summed E-state index contributed by atoms with van der Waals surface area (Å²) in [5.41, 5.74) is 0. The molecule has 1 atom stereocenters. The lowest BCUT2D eigenvalue weighted by Gasteiger charge is -2.21. The number of urea groups is 1. The highest BCUT2D eigenvalue weighted by Gasteiger charge is 2.18. The topological polar surface area (TPSA) is 78.4 Å². The van der Waals surface area contributed by atoms with Crippen LogP contribution in [0, 0.1) is 5.92 Å². The van der Waals surface area contributed by atoms with Gasteiger partial charge in [0.25, 0.3) is 0 Å². The molecule has 6 heteroatoms. The average Bonchev–Trinajstić information content (AvgIpc) is 2.84. The SMILES string of the molecule is CC(C)C(NC(=O)NCCCC(=O)O)c1cccs1. The van der Waals surface area contributed by atoms with Gasteiger partial charge >= 0.3 is 12.0 Å². The Kier molecular flexibility index (Phi) is 6.35. The van der Waals surface area contributed by atoms with Gasteiger partial charge in [-0.2, -0.15) is 0 Å². The molecule has 2 amide bonds. The molecule has 0 aliphatic carbocycles. The maximum absolute atomic E-state index is 11.7. The van der Waals surface area contributed by atoms with Crippen molar-refractivity contribution in [1.29, 1.82) is 0 Å². The molecule has 0 aliphatic heterocycles.